The van der Waals surface area contributed by atoms with Crippen LogP contribution in [0.15, 0.2) is 79.1 Å². The number of nitrogens with zero attached hydrogens (tertiary/aromatic N) is 3. The molecule has 0 aliphatic heterocycles. The molecule has 4 rings (SSSR count). The summed E-state index contributed by atoms with van der Waals surface area (Å²) in [5, 5.41) is 7.24. The van der Waals surface area contributed by atoms with Gasteiger partial charge >= 0.3 is 0 Å². The molecule has 184 valence electrons. The van der Waals surface area contributed by atoms with Crippen molar-refractivity contribution < 1.29 is 13.9 Å². The fourth-order valence-corrected chi connectivity index (χ4v) is 3.64. The summed E-state index contributed by atoms with van der Waals surface area (Å²) in [7, 11) is 3.86. The van der Waals surface area contributed by atoms with E-state index in [1.54, 1.807) is 36.4 Å². The summed E-state index contributed by atoms with van der Waals surface area (Å²) in [5.74, 6) is 0.501. The first-order chi connectivity index (χ1) is 17.4. The van der Waals surface area contributed by atoms with Gasteiger partial charge in [-0.2, -0.15) is 0 Å². The van der Waals surface area contributed by atoms with Crippen LogP contribution in [0.3, 0.4) is 0 Å². The van der Waals surface area contributed by atoms with E-state index in [0.717, 1.165) is 10.9 Å². The third-order valence-corrected chi connectivity index (χ3v) is 5.42. The van der Waals surface area contributed by atoms with Crippen LogP contribution in [0.5, 0.6) is 5.75 Å². The minimum absolute atomic E-state index is 0.194. The lowest BCUT2D eigenvalue weighted by atomic mass is 10.2. The lowest BCUT2D eigenvalue weighted by Gasteiger charge is -2.12. The molecule has 2 N–H and O–H groups in total. The predicted molar refractivity (Wildman–Crippen MR) is 141 cm³/mol. The SMILES string of the molecule is CN(C)CC=CC(=O)Nc1ccc2ncnc(Nc3ccc(OCc4cccc(F)c4)c(Cl)c3)c2c1. The van der Waals surface area contributed by atoms with E-state index < -0.39 is 0 Å². The van der Waals surface area contributed by atoms with Crippen molar-refractivity contribution in [1.82, 2.24) is 14.9 Å². The van der Waals surface area contributed by atoms with Gasteiger partial charge in [-0.05, 0) is 68.2 Å². The summed E-state index contributed by atoms with van der Waals surface area (Å²) in [6, 6.07) is 16.9. The van der Waals surface area contributed by atoms with Gasteiger partial charge in [0, 0.05) is 29.4 Å². The van der Waals surface area contributed by atoms with Crippen LogP contribution in [-0.2, 0) is 11.4 Å². The monoisotopic (exact) mass is 505 g/mol. The smallest absolute Gasteiger partial charge is 0.248 e. The maximum atomic E-state index is 13.4. The van der Waals surface area contributed by atoms with Gasteiger partial charge in [0.25, 0.3) is 0 Å². The molecule has 1 amide bonds. The molecule has 0 spiro atoms. The second-order valence-corrected chi connectivity index (χ2v) is 8.70. The number of rotatable bonds is 9. The molecule has 0 aliphatic rings. The summed E-state index contributed by atoms with van der Waals surface area (Å²) < 4.78 is 19.1. The highest BCUT2D eigenvalue weighted by atomic mass is 35.5. The Balaban J connectivity index is 1.48. The number of anilines is 3. The number of likely N-dealkylation sites (N-methyl/N-ethyl adjacent to an activating group) is 1. The summed E-state index contributed by atoms with van der Waals surface area (Å²) in [6.07, 6.45) is 4.76. The third-order valence-electron chi connectivity index (χ3n) is 5.12. The molecular weight excluding hydrogens is 481 g/mol. The summed E-state index contributed by atoms with van der Waals surface area (Å²) in [6.45, 7) is 0.865. The van der Waals surface area contributed by atoms with Crippen molar-refractivity contribution in [2.75, 3.05) is 31.3 Å². The van der Waals surface area contributed by atoms with Crippen LogP contribution in [-0.4, -0.2) is 41.4 Å². The molecule has 0 fully saturated rings. The van der Waals surface area contributed by atoms with Crippen molar-refractivity contribution in [3.8, 4) is 5.75 Å². The van der Waals surface area contributed by atoms with Gasteiger partial charge in [-0.3, -0.25) is 4.79 Å². The zero-order valence-electron chi connectivity index (χ0n) is 19.8. The van der Waals surface area contributed by atoms with E-state index in [1.165, 1.54) is 24.5 Å². The molecule has 3 aromatic carbocycles. The number of fused-ring (bicyclic) bond motifs is 1. The van der Waals surface area contributed by atoms with Crippen molar-refractivity contribution in [2.24, 2.45) is 0 Å². The third kappa shape index (κ3) is 6.78. The topological polar surface area (TPSA) is 79.4 Å². The van der Waals surface area contributed by atoms with Crippen molar-refractivity contribution in [3.05, 3.63) is 95.5 Å². The maximum absolute atomic E-state index is 13.4. The largest absolute Gasteiger partial charge is 0.487 e. The average Bonchev–Trinajstić information content (AvgIpc) is 2.84. The predicted octanol–water partition coefficient (Wildman–Crippen LogP) is 5.80. The standard InChI is InChI=1S/C27H25ClFN5O2/c1-34(2)12-4-7-26(35)32-20-8-10-24-22(14-20)27(31-17-30-24)33-21-9-11-25(23(28)15-21)36-16-18-5-3-6-19(29)13-18/h3-11,13-15,17H,12,16H2,1-2H3,(H,32,35)(H,30,31,33). The first-order valence-corrected chi connectivity index (χ1v) is 11.6. The Kier molecular flexibility index (Phi) is 8.10. The van der Waals surface area contributed by atoms with Gasteiger partial charge in [0.15, 0.2) is 0 Å². The van der Waals surface area contributed by atoms with Crippen molar-refractivity contribution in [3.63, 3.8) is 0 Å². The number of hydrogen-bond donors (Lipinski definition) is 2. The highest BCUT2D eigenvalue weighted by molar-refractivity contribution is 6.32. The minimum atomic E-state index is -0.317. The summed E-state index contributed by atoms with van der Waals surface area (Å²) in [4.78, 5) is 22.9. The fourth-order valence-electron chi connectivity index (χ4n) is 3.41. The molecule has 0 bridgehead atoms. The molecule has 0 saturated heterocycles. The number of carbonyl (C=O) groups is 1. The van der Waals surface area contributed by atoms with E-state index in [1.807, 2.05) is 37.2 Å². The van der Waals surface area contributed by atoms with Crippen LogP contribution >= 0.6 is 11.6 Å². The zero-order valence-corrected chi connectivity index (χ0v) is 20.6. The van der Waals surface area contributed by atoms with Crippen LogP contribution in [0.2, 0.25) is 5.02 Å². The summed E-state index contributed by atoms with van der Waals surface area (Å²) >= 11 is 6.43. The highest BCUT2D eigenvalue weighted by Crippen LogP contribution is 2.31. The van der Waals surface area contributed by atoms with Crippen molar-refractivity contribution in [1.29, 1.82) is 0 Å². The molecule has 7 nitrogen and oxygen atoms in total. The second-order valence-electron chi connectivity index (χ2n) is 8.30. The lowest BCUT2D eigenvalue weighted by molar-refractivity contribution is -0.111. The number of amides is 1. The molecule has 0 radical (unpaired) electrons. The molecule has 9 heteroatoms. The molecule has 4 aromatic rings. The molecule has 0 unspecified atom stereocenters. The molecule has 0 saturated carbocycles. The van der Waals surface area contributed by atoms with Crippen molar-refractivity contribution >= 4 is 45.6 Å². The Morgan fingerprint density at radius 2 is 1.92 bits per heavy atom. The molecule has 0 atom stereocenters. The van der Waals surface area contributed by atoms with Gasteiger partial charge in [-0.15, -0.1) is 0 Å². The van der Waals surface area contributed by atoms with Crippen molar-refractivity contribution in [2.45, 2.75) is 6.61 Å². The van der Waals surface area contributed by atoms with Gasteiger partial charge in [-0.1, -0.05) is 29.8 Å². The van der Waals surface area contributed by atoms with Gasteiger partial charge in [0.2, 0.25) is 5.91 Å². The molecule has 1 heterocycles. The Hall–Kier alpha value is -4.01. The van der Waals surface area contributed by atoms with Crippen LogP contribution in [0.1, 0.15) is 5.56 Å². The molecule has 36 heavy (non-hydrogen) atoms. The Morgan fingerprint density at radius 3 is 2.69 bits per heavy atom. The Bertz CT molecular complexity index is 1410. The van der Waals surface area contributed by atoms with Crippen LogP contribution in [0.4, 0.5) is 21.6 Å². The van der Waals surface area contributed by atoms with Gasteiger partial charge < -0.3 is 20.3 Å². The van der Waals surface area contributed by atoms with E-state index in [4.69, 9.17) is 16.3 Å². The quantitative estimate of drug-likeness (QED) is 0.280. The number of aromatic nitrogens is 2. The Labute approximate surface area is 213 Å². The summed E-state index contributed by atoms with van der Waals surface area (Å²) in [5.41, 5.74) is 2.74. The highest BCUT2D eigenvalue weighted by Gasteiger charge is 2.09. The number of benzene rings is 3. The minimum Gasteiger partial charge on any atom is -0.487 e. The maximum Gasteiger partial charge on any atom is 0.248 e. The average molecular weight is 506 g/mol. The van der Waals surface area contributed by atoms with E-state index in [-0.39, 0.29) is 18.3 Å². The number of hydrogen-bond acceptors (Lipinski definition) is 6. The first-order valence-electron chi connectivity index (χ1n) is 11.2. The zero-order chi connectivity index (χ0) is 25.5. The van der Waals surface area contributed by atoms with Gasteiger partial charge in [0.05, 0.1) is 10.5 Å². The van der Waals surface area contributed by atoms with E-state index in [2.05, 4.69) is 20.6 Å². The van der Waals surface area contributed by atoms with E-state index in [0.29, 0.717) is 40.1 Å². The van der Waals surface area contributed by atoms with E-state index in [9.17, 15) is 9.18 Å². The Morgan fingerprint density at radius 1 is 1.08 bits per heavy atom. The van der Waals surface area contributed by atoms with Gasteiger partial charge in [-0.25, -0.2) is 14.4 Å². The first kappa shape index (κ1) is 25.1. The van der Waals surface area contributed by atoms with Gasteiger partial charge in [0.1, 0.15) is 30.3 Å². The fraction of sp³-hybridized carbons (Fsp3) is 0.148. The normalized spacial score (nSPS) is 11.2. The van der Waals surface area contributed by atoms with Crippen LogP contribution < -0.4 is 15.4 Å². The lowest BCUT2D eigenvalue weighted by Crippen LogP contribution is -2.12. The number of halogens is 2. The number of carbonyl (C=O) groups excluding carboxylic acids is 1. The van der Waals surface area contributed by atoms with Crippen LogP contribution in [0, 0.1) is 5.82 Å². The number of nitrogens with one attached hydrogen (secondary N) is 2. The molecule has 1 aromatic heterocycles. The molecule has 0 aliphatic carbocycles. The van der Waals surface area contributed by atoms with E-state index >= 15 is 0 Å². The molecular formula is C27H25ClFN5O2. The second kappa shape index (κ2) is 11.6. The number of ether oxygens (including phenoxy) is 1. The van der Waals surface area contributed by atoms with Crippen LogP contribution in [0.25, 0.3) is 10.9 Å².